The van der Waals surface area contributed by atoms with Crippen molar-refractivity contribution in [2.75, 3.05) is 10.2 Å². The molecule has 0 atom stereocenters. The van der Waals surface area contributed by atoms with E-state index in [1.54, 1.807) is 5.48 Å². The molecule has 1 aromatic heterocycles. The van der Waals surface area contributed by atoms with Crippen molar-refractivity contribution in [1.82, 2.24) is 9.97 Å². The van der Waals surface area contributed by atoms with E-state index in [-0.39, 0.29) is 32.8 Å². The van der Waals surface area contributed by atoms with E-state index in [9.17, 15) is 17.2 Å². The summed E-state index contributed by atoms with van der Waals surface area (Å²) in [5, 5.41) is 8.84. The van der Waals surface area contributed by atoms with Crippen molar-refractivity contribution in [2.24, 2.45) is 0 Å². The van der Waals surface area contributed by atoms with Gasteiger partial charge in [-0.3, -0.25) is 15.4 Å². The third-order valence-corrected chi connectivity index (χ3v) is 5.10. The van der Waals surface area contributed by atoms with Crippen LogP contribution in [0.1, 0.15) is 0 Å². The van der Waals surface area contributed by atoms with E-state index in [4.69, 9.17) is 16.8 Å². The monoisotopic (exact) mass is 412 g/mol. The molecule has 11 heteroatoms. The summed E-state index contributed by atoms with van der Waals surface area (Å²) in [7, 11) is -4.26. The van der Waals surface area contributed by atoms with Crippen molar-refractivity contribution in [1.29, 1.82) is 0 Å². The minimum absolute atomic E-state index is 0.0452. The van der Waals surface area contributed by atoms with E-state index in [1.807, 2.05) is 0 Å². The highest BCUT2D eigenvalue weighted by Crippen LogP contribution is 2.32. The molecule has 0 spiro atoms. The average Bonchev–Trinajstić information content (AvgIpc) is 2.64. The number of hydrogen-bond acceptors (Lipinski definition) is 6. The Morgan fingerprint density at radius 1 is 1.07 bits per heavy atom. The molecule has 0 saturated carbocycles. The second-order valence-electron chi connectivity index (χ2n) is 5.24. The molecule has 0 amide bonds. The van der Waals surface area contributed by atoms with Gasteiger partial charge in [0.2, 0.25) is 5.28 Å². The molecule has 0 radical (unpaired) electrons. The molecule has 27 heavy (non-hydrogen) atoms. The minimum atomic E-state index is -4.26. The Morgan fingerprint density at radius 2 is 1.81 bits per heavy atom. The number of nitrogens with zero attached hydrogens (tertiary/aromatic N) is 2. The van der Waals surface area contributed by atoms with Crippen LogP contribution >= 0.6 is 11.6 Å². The zero-order valence-corrected chi connectivity index (χ0v) is 14.9. The van der Waals surface area contributed by atoms with Gasteiger partial charge < -0.3 is 0 Å². The zero-order valence-electron chi connectivity index (χ0n) is 13.3. The molecule has 2 aromatic carbocycles. The van der Waals surface area contributed by atoms with Crippen molar-refractivity contribution in [3.8, 4) is 11.3 Å². The van der Waals surface area contributed by atoms with Crippen LogP contribution in [0.15, 0.2) is 53.6 Å². The van der Waals surface area contributed by atoms with Gasteiger partial charge in [0.05, 0.1) is 17.6 Å². The number of benzene rings is 2. The maximum Gasteiger partial charge on any atom is 0.264 e. The molecule has 7 nitrogen and oxygen atoms in total. The van der Waals surface area contributed by atoms with Gasteiger partial charge in [-0.25, -0.2) is 27.2 Å². The molecule has 140 valence electrons. The van der Waals surface area contributed by atoms with E-state index in [0.29, 0.717) is 0 Å². The zero-order chi connectivity index (χ0) is 19.6. The SMILES string of the molecule is O=S(=O)(Nc1cc(F)ccc1-c1nc(Cl)ncc1F)c1ccccc1NO. The molecule has 3 rings (SSSR count). The van der Waals surface area contributed by atoms with Gasteiger partial charge in [-0.1, -0.05) is 12.1 Å². The third-order valence-electron chi connectivity index (χ3n) is 3.49. The van der Waals surface area contributed by atoms with Gasteiger partial charge in [-0.2, -0.15) is 0 Å². The Bertz CT molecular complexity index is 1110. The molecule has 3 aromatic rings. The summed E-state index contributed by atoms with van der Waals surface area (Å²) in [5.41, 5.74) is 1.06. The van der Waals surface area contributed by atoms with E-state index in [1.165, 1.54) is 24.3 Å². The molecule has 1 heterocycles. The first kappa shape index (κ1) is 19.0. The number of halogens is 3. The van der Waals surface area contributed by atoms with Gasteiger partial charge in [0.1, 0.15) is 16.4 Å². The van der Waals surface area contributed by atoms with Gasteiger partial charge >= 0.3 is 0 Å². The molecule has 0 saturated heterocycles. The second kappa shape index (κ2) is 7.43. The van der Waals surface area contributed by atoms with E-state index in [2.05, 4.69) is 14.7 Å². The lowest BCUT2D eigenvalue weighted by Gasteiger charge is -2.14. The number of rotatable bonds is 5. The van der Waals surface area contributed by atoms with E-state index < -0.39 is 21.7 Å². The van der Waals surface area contributed by atoms with Crippen molar-refractivity contribution >= 4 is 33.0 Å². The van der Waals surface area contributed by atoms with Gasteiger partial charge in [0.15, 0.2) is 5.82 Å². The Kier molecular flexibility index (Phi) is 5.22. The number of sulfonamides is 1. The van der Waals surface area contributed by atoms with Crippen molar-refractivity contribution in [2.45, 2.75) is 4.90 Å². The fourth-order valence-corrected chi connectivity index (χ4v) is 3.70. The maximum absolute atomic E-state index is 14.1. The summed E-state index contributed by atoms with van der Waals surface area (Å²) in [6.45, 7) is 0. The molecule has 0 aliphatic carbocycles. The van der Waals surface area contributed by atoms with Crippen LogP contribution in [0.5, 0.6) is 0 Å². The Labute approximate surface area is 157 Å². The van der Waals surface area contributed by atoms with Gasteiger partial charge in [0.25, 0.3) is 10.0 Å². The third kappa shape index (κ3) is 3.97. The van der Waals surface area contributed by atoms with Crippen LogP contribution in [0.25, 0.3) is 11.3 Å². The standard InChI is InChI=1S/C16H11ClF2N4O3S/c17-16-20-8-11(19)15(21-16)10-6-5-9(18)7-13(10)23-27(25,26)14-4-2-1-3-12(14)22-24/h1-8,22-24H. The van der Waals surface area contributed by atoms with Crippen LogP contribution in [0.4, 0.5) is 20.2 Å². The summed E-state index contributed by atoms with van der Waals surface area (Å²) >= 11 is 5.68. The molecular weight excluding hydrogens is 402 g/mol. The van der Waals surface area contributed by atoms with Crippen LogP contribution in [0.2, 0.25) is 5.28 Å². The summed E-state index contributed by atoms with van der Waals surface area (Å²) < 4.78 is 55.4. The topological polar surface area (TPSA) is 104 Å². The quantitative estimate of drug-likeness (QED) is 0.436. The van der Waals surface area contributed by atoms with E-state index >= 15 is 0 Å². The largest absolute Gasteiger partial charge is 0.291 e. The maximum atomic E-state index is 14.1. The summed E-state index contributed by atoms with van der Waals surface area (Å²) in [5.74, 6) is -1.63. The first-order valence-electron chi connectivity index (χ1n) is 7.32. The van der Waals surface area contributed by atoms with Crippen molar-refractivity contribution < 1.29 is 22.4 Å². The Balaban J connectivity index is 2.12. The van der Waals surface area contributed by atoms with Crippen LogP contribution in [0, 0.1) is 11.6 Å². The highest BCUT2D eigenvalue weighted by atomic mass is 35.5. The number of anilines is 2. The van der Waals surface area contributed by atoms with Gasteiger partial charge in [0, 0.05) is 5.56 Å². The number of aromatic nitrogens is 2. The lowest BCUT2D eigenvalue weighted by molar-refractivity contribution is 0.387. The predicted molar refractivity (Wildman–Crippen MR) is 95.1 cm³/mol. The molecule has 0 aliphatic heterocycles. The second-order valence-corrected chi connectivity index (χ2v) is 7.23. The van der Waals surface area contributed by atoms with Crippen LogP contribution in [-0.2, 0) is 10.0 Å². The van der Waals surface area contributed by atoms with Gasteiger partial charge in [-0.15, -0.1) is 0 Å². The summed E-state index contributed by atoms with van der Waals surface area (Å²) in [6, 6.07) is 8.54. The van der Waals surface area contributed by atoms with Crippen LogP contribution < -0.4 is 10.2 Å². The summed E-state index contributed by atoms with van der Waals surface area (Å²) in [4.78, 5) is 6.93. The fourth-order valence-electron chi connectivity index (χ4n) is 2.33. The number of para-hydroxylation sites is 1. The first-order chi connectivity index (χ1) is 12.8. The average molecular weight is 413 g/mol. The fraction of sp³-hybridized carbons (Fsp3) is 0. The molecular formula is C16H11ClF2N4O3S. The number of hydrogen-bond donors (Lipinski definition) is 3. The smallest absolute Gasteiger partial charge is 0.264 e. The molecule has 0 bridgehead atoms. The highest BCUT2D eigenvalue weighted by Gasteiger charge is 2.22. The van der Waals surface area contributed by atoms with Crippen LogP contribution in [-0.4, -0.2) is 23.6 Å². The molecule has 0 fully saturated rings. The molecule has 0 unspecified atom stereocenters. The highest BCUT2D eigenvalue weighted by molar-refractivity contribution is 7.92. The number of nitrogens with one attached hydrogen (secondary N) is 2. The minimum Gasteiger partial charge on any atom is -0.291 e. The lowest BCUT2D eigenvalue weighted by Crippen LogP contribution is -2.16. The van der Waals surface area contributed by atoms with Crippen molar-refractivity contribution in [3.63, 3.8) is 0 Å². The Morgan fingerprint density at radius 3 is 2.56 bits per heavy atom. The molecule has 3 N–H and O–H groups in total. The first-order valence-corrected chi connectivity index (χ1v) is 9.18. The lowest BCUT2D eigenvalue weighted by atomic mass is 10.1. The predicted octanol–water partition coefficient (Wildman–Crippen LogP) is 3.68. The Hall–Kier alpha value is -2.82. The van der Waals surface area contributed by atoms with E-state index in [0.717, 1.165) is 24.4 Å². The summed E-state index contributed by atoms with van der Waals surface area (Å²) in [6.07, 6.45) is 0.817. The molecule has 0 aliphatic rings. The van der Waals surface area contributed by atoms with Crippen molar-refractivity contribution in [3.05, 3.63) is 65.6 Å². The van der Waals surface area contributed by atoms with Crippen LogP contribution in [0.3, 0.4) is 0 Å². The normalized spacial score (nSPS) is 11.3. The van der Waals surface area contributed by atoms with Gasteiger partial charge in [-0.05, 0) is 41.9 Å².